The van der Waals surface area contributed by atoms with Crippen LogP contribution >= 0.6 is 0 Å². The summed E-state index contributed by atoms with van der Waals surface area (Å²) in [6.45, 7) is 3.51. The average Bonchev–Trinajstić information content (AvgIpc) is 3.75. The normalized spacial score (nSPS) is 19.7. The van der Waals surface area contributed by atoms with Crippen molar-refractivity contribution >= 4 is 17.7 Å². The molecule has 3 aromatic rings. The largest absolute Gasteiger partial charge is 0.460 e. The number of hydrogen-bond acceptors (Lipinski definition) is 8. The van der Waals surface area contributed by atoms with Crippen molar-refractivity contribution in [3.63, 3.8) is 0 Å². The third-order valence-corrected chi connectivity index (χ3v) is 9.55. The van der Waals surface area contributed by atoms with Crippen LogP contribution in [-0.2, 0) is 28.7 Å². The summed E-state index contributed by atoms with van der Waals surface area (Å²) >= 11 is 0. The van der Waals surface area contributed by atoms with E-state index < -0.39 is 22.9 Å². The van der Waals surface area contributed by atoms with Crippen LogP contribution < -0.4 is 11.1 Å². The minimum absolute atomic E-state index is 0.0483. The molecule has 1 aromatic heterocycles. The number of rotatable bonds is 7. The summed E-state index contributed by atoms with van der Waals surface area (Å²) in [4.78, 5) is 61.5. The highest BCUT2D eigenvalue weighted by atomic mass is 16.5. The van der Waals surface area contributed by atoms with Gasteiger partial charge in [0.05, 0.1) is 18.0 Å². The Morgan fingerprint density at radius 1 is 1.02 bits per heavy atom. The van der Waals surface area contributed by atoms with Gasteiger partial charge in [-0.2, -0.15) is 15.0 Å². The summed E-state index contributed by atoms with van der Waals surface area (Å²) in [6, 6.07) is 12.9. The van der Waals surface area contributed by atoms with Crippen LogP contribution in [0.5, 0.6) is 0 Å². The van der Waals surface area contributed by atoms with Gasteiger partial charge in [0, 0.05) is 51.8 Å². The van der Waals surface area contributed by atoms with Crippen LogP contribution in [-0.4, -0.2) is 89.0 Å². The predicted molar refractivity (Wildman–Crippen MR) is 168 cm³/mol. The van der Waals surface area contributed by atoms with Crippen LogP contribution in [0.4, 0.5) is 0 Å². The van der Waals surface area contributed by atoms with Gasteiger partial charge in [0.1, 0.15) is 11.7 Å². The molecule has 2 heterocycles. The Hall–Kier alpha value is -4.76. The Morgan fingerprint density at radius 2 is 1.57 bits per heavy atom. The van der Waals surface area contributed by atoms with E-state index in [9.17, 15) is 24.4 Å². The first-order valence-corrected chi connectivity index (χ1v) is 15.6. The fourth-order valence-corrected chi connectivity index (χ4v) is 7.25. The summed E-state index contributed by atoms with van der Waals surface area (Å²) in [6.07, 6.45) is 3.24. The van der Waals surface area contributed by atoms with Gasteiger partial charge in [-0.15, -0.1) is 0 Å². The lowest BCUT2D eigenvalue weighted by Crippen LogP contribution is -2.51. The number of nitriles is 1. The summed E-state index contributed by atoms with van der Waals surface area (Å²) < 4.78 is 7.22. The first-order valence-electron chi connectivity index (χ1n) is 15.6. The SMILES string of the molecule is CC(C#N)N(C(=O)CN[C@@]1(C)CC2(c3ccc(C(=O)N(C)C)cc3CCc3cc(C(=O)N(C)C)ccc32)c2nc(=O)on21)C1CC1. The van der Waals surface area contributed by atoms with E-state index in [1.54, 1.807) is 52.1 Å². The quantitative estimate of drug-likeness (QED) is 0.421. The minimum Gasteiger partial charge on any atom is -0.345 e. The topological polar surface area (TPSA) is 145 Å². The number of hydrogen-bond donors (Lipinski definition) is 1. The van der Waals surface area contributed by atoms with Crippen molar-refractivity contribution in [2.75, 3.05) is 34.7 Å². The Bertz CT molecular complexity index is 1770. The lowest BCUT2D eigenvalue weighted by molar-refractivity contribution is -0.132. The van der Waals surface area contributed by atoms with E-state index in [0.717, 1.165) is 35.1 Å². The van der Waals surface area contributed by atoms with E-state index in [-0.39, 0.29) is 30.3 Å². The average molecular weight is 626 g/mol. The molecule has 1 fully saturated rings. The van der Waals surface area contributed by atoms with Gasteiger partial charge in [-0.05, 0) is 86.1 Å². The van der Waals surface area contributed by atoms with Crippen LogP contribution in [0.2, 0.25) is 0 Å². The molecule has 1 unspecified atom stereocenters. The molecule has 0 saturated heterocycles. The zero-order valence-electron chi connectivity index (χ0n) is 27.1. The number of fused-ring (bicyclic) bond motifs is 6. The lowest BCUT2D eigenvalue weighted by Gasteiger charge is -2.34. The molecule has 12 heteroatoms. The van der Waals surface area contributed by atoms with Gasteiger partial charge < -0.3 is 19.2 Å². The van der Waals surface area contributed by atoms with Crippen molar-refractivity contribution in [2.24, 2.45) is 0 Å². The molecule has 3 aliphatic rings. The molecule has 1 spiro atoms. The molecule has 240 valence electrons. The Morgan fingerprint density at radius 3 is 2.04 bits per heavy atom. The molecule has 1 aliphatic heterocycles. The van der Waals surface area contributed by atoms with Gasteiger partial charge in [0.2, 0.25) is 5.91 Å². The maximum absolute atomic E-state index is 13.5. The Balaban J connectivity index is 1.50. The second-order valence-corrected chi connectivity index (χ2v) is 13.3. The van der Waals surface area contributed by atoms with E-state index >= 15 is 0 Å². The van der Waals surface area contributed by atoms with Crippen LogP contribution in [0.25, 0.3) is 0 Å². The van der Waals surface area contributed by atoms with Crippen LogP contribution in [0, 0.1) is 11.3 Å². The zero-order chi connectivity index (χ0) is 33.1. The molecule has 6 rings (SSSR count). The first-order chi connectivity index (χ1) is 21.8. The molecular formula is C34H39N7O5. The van der Waals surface area contributed by atoms with Crippen molar-refractivity contribution in [3.05, 3.63) is 86.2 Å². The standard InChI is InChI=1S/C34H39N7O5/c1-20(17-35)40(25-11-12-25)28(42)18-36-33(2)19-34(31-37-32(45)46-41(31)33)26-13-9-23(29(43)38(3)4)15-21(26)7-8-22-16-24(10-14-27(22)34)30(44)39(5)6/h9-10,13-16,20,25,36H,7-8,11-12,18-19H2,1-6H3/t20?,33-/m1/s1. The number of nitrogens with zero attached hydrogens (tertiary/aromatic N) is 6. The molecule has 2 aliphatic carbocycles. The van der Waals surface area contributed by atoms with E-state index in [4.69, 9.17) is 4.52 Å². The monoisotopic (exact) mass is 625 g/mol. The molecule has 0 radical (unpaired) electrons. The van der Waals surface area contributed by atoms with Crippen molar-refractivity contribution < 1.29 is 18.9 Å². The molecule has 3 amide bonds. The van der Waals surface area contributed by atoms with Gasteiger partial charge in [-0.1, -0.05) is 12.1 Å². The fraction of sp³-hybridized carbons (Fsp3) is 0.471. The Kier molecular flexibility index (Phi) is 7.63. The third kappa shape index (κ3) is 4.99. The van der Waals surface area contributed by atoms with E-state index in [1.165, 1.54) is 14.5 Å². The third-order valence-electron chi connectivity index (χ3n) is 9.55. The molecule has 1 N–H and O–H groups in total. The molecule has 2 aromatic carbocycles. The summed E-state index contributed by atoms with van der Waals surface area (Å²) in [5.74, 6) is -0.842. The zero-order valence-corrected chi connectivity index (χ0v) is 27.1. The highest BCUT2D eigenvalue weighted by Gasteiger charge is 2.57. The van der Waals surface area contributed by atoms with Crippen molar-refractivity contribution in [1.82, 2.24) is 29.7 Å². The van der Waals surface area contributed by atoms with Crippen molar-refractivity contribution in [2.45, 2.75) is 69.1 Å². The number of nitrogens with one attached hydrogen (secondary N) is 1. The molecule has 0 bridgehead atoms. The highest BCUT2D eigenvalue weighted by Crippen LogP contribution is 2.54. The van der Waals surface area contributed by atoms with Crippen LogP contribution in [0.1, 0.15) is 81.9 Å². The number of aromatic nitrogens is 2. The maximum Gasteiger partial charge on any atom is 0.460 e. The number of carbonyl (C=O) groups is 3. The molecular weight excluding hydrogens is 586 g/mol. The van der Waals surface area contributed by atoms with Crippen LogP contribution in [0.3, 0.4) is 0 Å². The molecule has 12 nitrogen and oxygen atoms in total. The fourth-order valence-electron chi connectivity index (χ4n) is 7.25. The number of benzene rings is 2. The molecule has 1 saturated carbocycles. The van der Waals surface area contributed by atoms with Crippen molar-refractivity contribution in [3.8, 4) is 6.07 Å². The van der Waals surface area contributed by atoms with Gasteiger partial charge in [-0.25, -0.2) is 4.79 Å². The van der Waals surface area contributed by atoms with Crippen molar-refractivity contribution in [1.29, 1.82) is 5.26 Å². The smallest absolute Gasteiger partial charge is 0.345 e. The van der Waals surface area contributed by atoms with Gasteiger partial charge in [0.25, 0.3) is 11.8 Å². The Labute approximate surface area is 267 Å². The number of carbonyl (C=O) groups excluding carboxylic acids is 3. The molecule has 46 heavy (non-hydrogen) atoms. The number of amides is 3. The summed E-state index contributed by atoms with van der Waals surface area (Å²) in [7, 11) is 6.83. The van der Waals surface area contributed by atoms with Gasteiger partial charge in [-0.3, -0.25) is 19.7 Å². The number of aryl methyl sites for hydroxylation is 2. The first kappa shape index (κ1) is 31.2. The molecule has 2 atom stereocenters. The van der Waals surface area contributed by atoms with Crippen LogP contribution in [0.15, 0.2) is 45.7 Å². The van der Waals surface area contributed by atoms with E-state index in [0.29, 0.717) is 36.2 Å². The highest BCUT2D eigenvalue weighted by molar-refractivity contribution is 5.95. The second-order valence-electron chi connectivity index (χ2n) is 13.3. The predicted octanol–water partition coefficient (Wildman–Crippen LogP) is 2.24. The lowest BCUT2D eigenvalue weighted by atomic mass is 9.69. The summed E-state index contributed by atoms with van der Waals surface area (Å²) in [5, 5.41) is 12.9. The van der Waals surface area contributed by atoms with Gasteiger partial charge in [0.15, 0.2) is 5.82 Å². The maximum atomic E-state index is 13.5. The summed E-state index contributed by atoms with van der Waals surface area (Å²) in [5.41, 5.74) is 2.62. The van der Waals surface area contributed by atoms with E-state index in [2.05, 4.69) is 16.4 Å². The van der Waals surface area contributed by atoms with Gasteiger partial charge >= 0.3 is 5.76 Å². The second kappa shape index (κ2) is 11.2. The van der Waals surface area contributed by atoms with E-state index in [1.807, 2.05) is 31.2 Å². The minimum atomic E-state index is -1.07.